The number of para-hydroxylation sites is 2. The Morgan fingerprint density at radius 1 is 1.17 bits per heavy atom. The monoisotopic (exact) mass is 398 g/mol. The summed E-state index contributed by atoms with van der Waals surface area (Å²) in [5.41, 5.74) is 1.71. The van der Waals surface area contributed by atoms with Crippen molar-refractivity contribution in [1.29, 1.82) is 0 Å². The molecule has 0 bridgehead atoms. The molecule has 0 atom stereocenters. The van der Waals surface area contributed by atoms with E-state index in [0.717, 1.165) is 62.6 Å². The lowest BCUT2D eigenvalue weighted by molar-refractivity contribution is -0.125. The third-order valence-electron chi connectivity index (χ3n) is 6.60. The van der Waals surface area contributed by atoms with E-state index in [2.05, 4.69) is 27.1 Å². The number of rotatable bonds is 7. The zero-order valence-electron chi connectivity index (χ0n) is 17.6. The maximum absolute atomic E-state index is 12.5. The Morgan fingerprint density at radius 2 is 1.93 bits per heavy atom. The molecule has 1 aromatic carbocycles. The summed E-state index contributed by atoms with van der Waals surface area (Å²) in [6.45, 7) is 3.48. The van der Waals surface area contributed by atoms with Crippen LogP contribution in [0.4, 0.5) is 6.01 Å². The molecule has 1 aromatic heterocycles. The average Bonchev–Trinajstić information content (AvgIpc) is 3.21. The van der Waals surface area contributed by atoms with Gasteiger partial charge in [0.25, 0.3) is 6.01 Å². The summed E-state index contributed by atoms with van der Waals surface area (Å²) >= 11 is 0. The third kappa shape index (κ3) is 5.10. The molecule has 2 heterocycles. The van der Waals surface area contributed by atoms with E-state index in [1.54, 1.807) is 0 Å². The van der Waals surface area contributed by atoms with Crippen molar-refractivity contribution in [3.63, 3.8) is 0 Å². The zero-order chi connectivity index (χ0) is 20.1. The Kier molecular flexibility index (Phi) is 6.70. The first-order chi connectivity index (χ1) is 14.2. The summed E-state index contributed by atoms with van der Waals surface area (Å²) < 4.78 is 5.86. The van der Waals surface area contributed by atoms with Crippen LogP contribution < -0.4 is 10.2 Å². The van der Waals surface area contributed by atoms with E-state index >= 15 is 0 Å². The van der Waals surface area contributed by atoms with E-state index < -0.39 is 0 Å². The first-order valence-electron chi connectivity index (χ1n) is 11.3. The van der Waals surface area contributed by atoms with Gasteiger partial charge in [0.1, 0.15) is 5.52 Å². The lowest BCUT2D eigenvalue weighted by Gasteiger charge is -2.31. The molecule has 6 nitrogen and oxygen atoms in total. The number of carbonyl (C=O) groups is 1. The molecule has 1 aliphatic carbocycles. The Morgan fingerprint density at radius 3 is 2.69 bits per heavy atom. The van der Waals surface area contributed by atoms with E-state index in [4.69, 9.17) is 4.42 Å². The number of hydrogen-bond acceptors (Lipinski definition) is 5. The van der Waals surface area contributed by atoms with Gasteiger partial charge in [0.15, 0.2) is 5.58 Å². The zero-order valence-corrected chi connectivity index (χ0v) is 17.6. The number of amides is 1. The summed E-state index contributed by atoms with van der Waals surface area (Å²) in [7, 11) is 2.24. The fourth-order valence-corrected chi connectivity index (χ4v) is 4.72. The van der Waals surface area contributed by atoms with Crippen LogP contribution in [0.3, 0.4) is 0 Å². The number of oxazole rings is 1. The SMILES string of the molecule is CN(CCCNC(=O)C1CCN(c2nc3ccccc3o2)CC1)C1CCCCC1. The first kappa shape index (κ1) is 20.2. The molecule has 2 fully saturated rings. The van der Waals surface area contributed by atoms with Gasteiger partial charge in [-0.3, -0.25) is 4.79 Å². The second-order valence-corrected chi connectivity index (χ2v) is 8.64. The van der Waals surface area contributed by atoms with Crippen LogP contribution in [0.2, 0.25) is 0 Å². The van der Waals surface area contributed by atoms with Gasteiger partial charge in [-0.2, -0.15) is 4.98 Å². The number of fused-ring (bicyclic) bond motifs is 1. The molecule has 4 rings (SSSR count). The summed E-state index contributed by atoms with van der Waals surface area (Å²) in [6, 6.07) is 9.26. The summed E-state index contributed by atoms with van der Waals surface area (Å²) in [5, 5.41) is 3.16. The van der Waals surface area contributed by atoms with Crippen molar-refractivity contribution < 1.29 is 9.21 Å². The molecular formula is C23H34N4O2. The topological polar surface area (TPSA) is 61.6 Å². The molecule has 1 saturated heterocycles. The lowest BCUT2D eigenvalue weighted by atomic mass is 9.94. The van der Waals surface area contributed by atoms with Crippen molar-refractivity contribution in [2.75, 3.05) is 38.1 Å². The minimum absolute atomic E-state index is 0.103. The first-order valence-corrected chi connectivity index (χ1v) is 11.3. The van der Waals surface area contributed by atoms with E-state index in [9.17, 15) is 4.79 Å². The van der Waals surface area contributed by atoms with Crippen LogP contribution in [0, 0.1) is 5.92 Å². The predicted octanol–water partition coefficient (Wildman–Crippen LogP) is 3.82. The molecule has 0 radical (unpaired) electrons. The highest BCUT2D eigenvalue weighted by Crippen LogP contribution is 2.26. The number of carbonyl (C=O) groups excluding carboxylic acids is 1. The molecule has 158 valence electrons. The number of nitrogens with zero attached hydrogens (tertiary/aromatic N) is 3. The number of piperidine rings is 1. The standard InChI is InChI=1S/C23H34N4O2/c1-26(19-8-3-2-4-9-19)15-7-14-24-22(28)18-12-16-27(17-13-18)23-25-20-10-5-6-11-21(20)29-23/h5-6,10-11,18-19H,2-4,7-9,12-17H2,1H3,(H,24,28). The second kappa shape index (κ2) is 9.61. The highest BCUT2D eigenvalue weighted by molar-refractivity contribution is 5.79. The molecule has 6 heteroatoms. The van der Waals surface area contributed by atoms with Gasteiger partial charge in [-0.05, 0) is 57.8 Å². The van der Waals surface area contributed by atoms with Gasteiger partial charge in [-0.15, -0.1) is 0 Å². The van der Waals surface area contributed by atoms with Crippen molar-refractivity contribution in [2.24, 2.45) is 5.92 Å². The largest absolute Gasteiger partial charge is 0.423 e. The van der Waals surface area contributed by atoms with Gasteiger partial charge in [-0.1, -0.05) is 31.4 Å². The second-order valence-electron chi connectivity index (χ2n) is 8.64. The predicted molar refractivity (Wildman–Crippen MR) is 116 cm³/mol. The fourth-order valence-electron chi connectivity index (χ4n) is 4.72. The van der Waals surface area contributed by atoms with Crippen LogP contribution in [-0.4, -0.2) is 55.1 Å². The van der Waals surface area contributed by atoms with Crippen molar-refractivity contribution in [2.45, 2.75) is 57.4 Å². The smallest absolute Gasteiger partial charge is 0.298 e. The van der Waals surface area contributed by atoms with Gasteiger partial charge in [0, 0.05) is 31.6 Å². The summed E-state index contributed by atoms with van der Waals surface area (Å²) in [5.74, 6) is 0.314. The molecule has 1 aliphatic heterocycles. The highest BCUT2D eigenvalue weighted by atomic mass is 16.4. The van der Waals surface area contributed by atoms with Crippen LogP contribution in [-0.2, 0) is 4.79 Å². The number of aromatic nitrogens is 1. The molecule has 2 aromatic rings. The van der Waals surface area contributed by atoms with Crippen molar-refractivity contribution in [1.82, 2.24) is 15.2 Å². The van der Waals surface area contributed by atoms with Crippen LogP contribution in [0.25, 0.3) is 11.1 Å². The lowest BCUT2D eigenvalue weighted by Crippen LogP contribution is -2.41. The Labute approximate surface area is 173 Å². The van der Waals surface area contributed by atoms with Gasteiger partial charge < -0.3 is 19.5 Å². The fraction of sp³-hybridized carbons (Fsp3) is 0.652. The third-order valence-corrected chi connectivity index (χ3v) is 6.60. The van der Waals surface area contributed by atoms with E-state index in [1.807, 2.05) is 24.3 Å². The Balaban J connectivity index is 1.16. The molecule has 0 spiro atoms. The molecular weight excluding hydrogens is 364 g/mol. The normalized spacial score (nSPS) is 19.2. The number of hydrogen-bond donors (Lipinski definition) is 1. The van der Waals surface area contributed by atoms with Gasteiger partial charge in [-0.25, -0.2) is 0 Å². The average molecular weight is 399 g/mol. The molecule has 1 saturated carbocycles. The van der Waals surface area contributed by atoms with E-state index in [1.165, 1.54) is 32.1 Å². The molecule has 1 N–H and O–H groups in total. The van der Waals surface area contributed by atoms with Gasteiger partial charge in [0.05, 0.1) is 0 Å². The minimum atomic E-state index is 0.103. The number of benzene rings is 1. The number of nitrogens with one attached hydrogen (secondary N) is 1. The van der Waals surface area contributed by atoms with Crippen molar-refractivity contribution in [3.8, 4) is 0 Å². The van der Waals surface area contributed by atoms with Crippen LogP contribution >= 0.6 is 0 Å². The molecule has 2 aliphatic rings. The summed E-state index contributed by atoms with van der Waals surface area (Å²) in [4.78, 5) is 21.8. The highest BCUT2D eigenvalue weighted by Gasteiger charge is 2.27. The van der Waals surface area contributed by atoms with E-state index in [0.29, 0.717) is 6.01 Å². The molecule has 29 heavy (non-hydrogen) atoms. The maximum atomic E-state index is 12.5. The van der Waals surface area contributed by atoms with Crippen LogP contribution in [0.5, 0.6) is 0 Å². The van der Waals surface area contributed by atoms with Crippen LogP contribution in [0.15, 0.2) is 28.7 Å². The van der Waals surface area contributed by atoms with Gasteiger partial charge >= 0.3 is 0 Å². The quantitative estimate of drug-likeness (QED) is 0.719. The van der Waals surface area contributed by atoms with Gasteiger partial charge in [0.2, 0.25) is 5.91 Å². The Bertz CT molecular complexity index is 758. The van der Waals surface area contributed by atoms with E-state index in [-0.39, 0.29) is 11.8 Å². The van der Waals surface area contributed by atoms with Crippen molar-refractivity contribution in [3.05, 3.63) is 24.3 Å². The van der Waals surface area contributed by atoms with Crippen LogP contribution in [0.1, 0.15) is 51.4 Å². The maximum Gasteiger partial charge on any atom is 0.298 e. The minimum Gasteiger partial charge on any atom is -0.423 e. The Hall–Kier alpha value is -2.08. The molecule has 1 amide bonds. The van der Waals surface area contributed by atoms with Crippen molar-refractivity contribution >= 4 is 23.0 Å². The molecule has 0 unspecified atom stereocenters. The summed E-state index contributed by atoms with van der Waals surface area (Å²) in [6.07, 6.45) is 9.54. The number of anilines is 1.